The summed E-state index contributed by atoms with van der Waals surface area (Å²) in [5, 5.41) is -0.440. The van der Waals surface area contributed by atoms with Crippen molar-refractivity contribution >= 4 is 11.3 Å². The van der Waals surface area contributed by atoms with E-state index in [9.17, 15) is 4.39 Å². The quantitative estimate of drug-likeness (QED) is 0.602. The number of thiazole rings is 1. The summed E-state index contributed by atoms with van der Waals surface area (Å²) in [6.45, 7) is 1.76. The molecule has 0 unspecified atom stereocenters. The number of ether oxygens (including phenoxy) is 1. The first-order chi connectivity index (χ1) is 4.24. The lowest BCUT2D eigenvalue weighted by Crippen LogP contribution is -1.83. The van der Waals surface area contributed by atoms with Crippen LogP contribution in [0.4, 0.5) is 4.39 Å². The normalized spacial score (nSPS) is 9.67. The minimum Gasteiger partial charge on any atom is -0.480 e. The van der Waals surface area contributed by atoms with Gasteiger partial charge < -0.3 is 4.74 Å². The standard InChI is InChI=1S/C5H6FNOS/c1-3-4(8-2)7-5(6)9-3/h1-2H3. The molecule has 1 aromatic heterocycles. The van der Waals surface area contributed by atoms with Crippen LogP contribution in [0.15, 0.2) is 0 Å². The molecule has 9 heavy (non-hydrogen) atoms. The molecule has 50 valence electrons. The first-order valence-electron chi connectivity index (χ1n) is 2.41. The van der Waals surface area contributed by atoms with Crippen LogP contribution in [0.3, 0.4) is 0 Å². The van der Waals surface area contributed by atoms with Gasteiger partial charge in [-0.15, -0.1) is 0 Å². The molecule has 0 atom stereocenters. The second-order valence-corrected chi connectivity index (χ2v) is 2.69. The molecule has 0 aliphatic rings. The third-order valence-electron chi connectivity index (χ3n) is 0.921. The summed E-state index contributed by atoms with van der Waals surface area (Å²) >= 11 is 0.991. The maximum atomic E-state index is 12.2. The van der Waals surface area contributed by atoms with Gasteiger partial charge >= 0.3 is 0 Å². The second kappa shape index (κ2) is 2.31. The SMILES string of the molecule is COc1nc(F)sc1C. The van der Waals surface area contributed by atoms with Gasteiger partial charge in [-0.3, -0.25) is 0 Å². The number of halogens is 1. The summed E-state index contributed by atoms with van der Waals surface area (Å²) in [5.41, 5.74) is 0. The maximum absolute atomic E-state index is 12.2. The molecule has 0 spiro atoms. The molecule has 0 radical (unpaired) electrons. The van der Waals surface area contributed by atoms with Crippen LogP contribution in [-0.2, 0) is 0 Å². The lowest BCUT2D eigenvalue weighted by atomic mass is 10.6. The van der Waals surface area contributed by atoms with Gasteiger partial charge in [-0.1, -0.05) is 11.3 Å². The Labute approximate surface area is 56.3 Å². The Hall–Kier alpha value is -0.640. The first-order valence-corrected chi connectivity index (χ1v) is 3.22. The molecule has 2 nitrogen and oxygen atoms in total. The average Bonchev–Trinajstić information content (AvgIpc) is 2.10. The van der Waals surface area contributed by atoms with Crippen molar-refractivity contribution in [3.63, 3.8) is 0 Å². The van der Waals surface area contributed by atoms with Gasteiger partial charge in [-0.25, -0.2) is 0 Å². The smallest absolute Gasteiger partial charge is 0.272 e. The second-order valence-electron chi connectivity index (χ2n) is 1.53. The number of methoxy groups -OCH3 is 1. The van der Waals surface area contributed by atoms with E-state index in [1.54, 1.807) is 6.92 Å². The zero-order chi connectivity index (χ0) is 6.85. The van der Waals surface area contributed by atoms with E-state index in [0.29, 0.717) is 5.88 Å². The minimum atomic E-state index is -0.440. The predicted molar refractivity (Wildman–Crippen MR) is 33.4 cm³/mol. The van der Waals surface area contributed by atoms with Crippen LogP contribution in [0.25, 0.3) is 0 Å². The summed E-state index contributed by atoms with van der Waals surface area (Å²) in [5.74, 6) is 0.387. The molecule has 1 rings (SSSR count). The van der Waals surface area contributed by atoms with E-state index in [1.165, 1.54) is 7.11 Å². The average molecular weight is 147 g/mol. The predicted octanol–water partition coefficient (Wildman–Crippen LogP) is 1.60. The van der Waals surface area contributed by atoms with E-state index in [4.69, 9.17) is 4.74 Å². The fourth-order valence-corrected chi connectivity index (χ4v) is 1.14. The number of hydrogen-bond donors (Lipinski definition) is 0. The van der Waals surface area contributed by atoms with E-state index in [-0.39, 0.29) is 0 Å². The number of hydrogen-bond acceptors (Lipinski definition) is 3. The number of rotatable bonds is 1. The third kappa shape index (κ3) is 1.18. The highest BCUT2D eigenvalue weighted by Crippen LogP contribution is 2.21. The third-order valence-corrected chi connectivity index (χ3v) is 1.66. The van der Waals surface area contributed by atoms with E-state index in [2.05, 4.69) is 4.98 Å². The van der Waals surface area contributed by atoms with Crippen LogP contribution in [-0.4, -0.2) is 12.1 Å². The van der Waals surface area contributed by atoms with Gasteiger partial charge in [0.15, 0.2) is 0 Å². The van der Waals surface area contributed by atoms with Gasteiger partial charge in [0.1, 0.15) is 0 Å². The molecule has 1 heterocycles. The van der Waals surface area contributed by atoms with Gasteiger partial charge in [0, 0.05) is 0 Å². The summed E-state index contributed by atoms with van der Waals surface area (Å²) in [6.07, 6.45) is 0. The molecule has 0 N–H and O–H groups in total. The fraction of sp³-hybridized carbons (Fsp3) is 0.400. The van der Waals surface area contributed by atoms with Gasteiger partial charge in [-0.05, 0) is 6.92 Å². The Bertz CT molecular complexity index is 211. The molecular weight excluding hydrogens is 141 g/mol. The van der Waals surface area contributed by atoms with Crippen molar-refractivity contribution < 1.29 is 9.13 Å². The van der Waals surface area contributed by atoms with Crippen molar-refractivity contribution in [2.24, 2.45) is 0 Å². The van der Waals surface area contributed by atoms with Gasteiger partial charge in [0.25, 0.3) is 5.26 Å². The van der Waals surface area contributed by atoms with Crippen molar-refractivity contribution in [2.45, 2.75) is 6.92 Å². The Morgan fingerprint density at radius 3 is 2.56 bits per heavy atom. The molecule has 0 aliphatic heterocycles. The Kier molecular flexibility index (Phi) is 1.66. The topological polar surface area (TPSA) is 22.1 Å². The monoisotopic (exact) mass is 147 g/mol. The summed E-state index contributed by atoms with van der Waals surface area (Å²) in [6, 6.07) is 0. The molecule has 0 saturated carbocycles. The maximum Gasteiger partial charge on any atom is 0.272 e. The number of aromatic nitrogens is 1. The van der Waals surface area contributed by atoms with Crippen molar-refractivity contribution in [1.29, 1.82) is 0 Å². The molecule has 0 saturated heterocycles. The van der Waals surface area contributed by atoms with Crippen molar-refractivity contribution in [3.8, 4) is 5.88 Å². The van der Waals surface area contributed by atoms with Crippen molar-refractivity contribution in [3.05, 3.63) is 10.1 Å². The molecule has 4 heteroatoms. The highest BCUT2D eigenvalue weighted by Gasteiger charge is 2.04. The molecule has 0 amide bonds. The Morgan fingerprint density at radius 1 is 1.67 bits per heavy atom. The fourth-order valence-electron chi connectivity index (χ4n) is 0.541. The highest BCUT2D eigenvalue weighted by molar-refractivity contribution is 7.10. The number of nitrogens with zero attached hydrogens (tertiary/aromatic N) is 1. The van der Waals surface area contributed by atoms with Gasteiger partial charge in [0.2, 0.25) is 5.88 Å². The molecule has 1 aromatic rings. The lowest BCUT2D eigenvalue weighted by molar-refractivity contribution is 0.391. The summed E-state index contributed by atoms with van der Waals surface area (Å²) < 4.78 is 16.9. The lowest BCUT2D eigenvalue weighted by Gasteiger charge is -1.90. The van der Waals surface area contributed by atoms with Crippen molar-refractivity contribution in [1.82, 2.24) is 4.98 Å². The Balaban J connectivity index is 3.01. The molecular formula is C5H6FNOS. The van der Waals surface area contributed by atoms with Crippen LogP contribution in [0, 0.1) is 12.2 Å². The van der Waals surface area contributed by atoms with E-state index in [0.717, 1.165) is 16.2 Å². The Morgan fingerprint density at radius 2 is 2.33 bits per heavy atom. The summed E-state index contributed by atoms with van der Waals surface area (Å²) in [7, 11) is 1.47. The zero-order valence-corrected chi connectivity index (χ0v) is 5.96. The number of aryl methyl sites for hydroxylation is 1. The summed E-state index contributed by atoms with van der Waals surface area (Å²) in [4.78, 5) is 4.23. The van der Waals surface area contributed by atoms with E-state index < -0.39 is 5.26 Å². The van der Waals surface area contributed by atoms with Crippen molar-refractivity contribution in [2.75, 3.05) is 7.11 Å². The van der Waals surface area contributed by atoms with Gasteiger partial charge in [-0.2, -0.15) is 9.37 Å². The highest BCUT2D eigenvalue weighted by atomic mass is 32.1. The van der Waals surface area contributed by atoms with Crippen LogP contribution in [0.1, 0.15) is 4.88 Å². The van der Waals surface area contributed by atoms with E-state index in [1.807, 2.05) is 0 Å². The van der Waals surface area contributed by atoms with Crippen LogP contribution in [0.5, 0.6) is 5.88 Å². The van der Waals surface area contributed by atoms with E-state index >= 15 is 0 Å². The molecule has 0 bridgehead atoms. The molecule has 0 fully saturated rings. The molecule has 0 aromatic carbocycles. The molecule has 0 aliphatic carbocycles. The van der Waals surface area contributed by atoms with Crippen LogP contribution >= 0.6 is 11.3 Å². The zero-order valence-electron chi connectivity index (χ0n) is 5.14. The van der Waals surface area contributed by atoms with Crippen LogP contribution < -0.4 is 4.74 Å². The largest absolute Gasteiger partial charge is 0.480 e. The van der Waals surface area contributed by atoms with Crippen LogP contribution in [0.2, 0.25) is 0 Å². The van der Waals surface area contributed by atoms with Gasteiger partial charge in [0.05, 0.1) is 12.0 Å². The first kappa shape index (κ1) is 6.48. The minimum absolute atomic E-state index is 0.387.